The number of phenolic OH excluding ortho intramolecular Hbond substituents is 1. The van der Waals surface area contributed by atoms with E-state index >= 15 is 0 Å². The van der Waals surface area contributed by atoms with Crippen LogP contribution in [-0.2, 0) is 28.7 Å². The summed E-state index contributed by atoms with van der Waals surface area (Å²) in [6.45, 7) is 1.13. The topological polar surface area (TPSA) is 165 Å². The predicted octanol–water partition coefficient (Wildman–Crippen LogP) is 1.74. The molecule has 216 valence electrons. The summed E-state index contributed by atoms with van der Waals surface area (Å²) < 4.78 is 43.6. The summed E-state index contributed by atoms with van der Waals surface area (Å²) in [7, 11) is 2.94. The van der Waals surface area contributed by atoms with Gasteiger partial charge in [-0.3, -0.25) is 24.2 Å². The first-order valence-corrected chi connectivity index (χ1v) is 12.9. The summed E-state index contributed by atoms with van der Waals surface area (Å²) in [5.74, 6) is -8.92. The van der Waals surface area contributed by atoms with Crippen molar-refractivity contribution in [2.75, 3.05) is 27.2 Å². The molecule has 0 unspecified atom stereocenters. The van der Waals surface area contributed by atoms with E-state index < -0.39 is 98.7 Å². The average molecular weight is 566 g/mol. The maximum atomic E-state index is 14.5. The highest BCUT2D eigenvalue weighted by molar-refractivity contribution is 6.24. The molecule has 0 radical (unpaired) electrons. The number of halogens is 3. The zero-order valence-corrected chi connectivity index (χ0v) is 21.9. The van der Waals surface area contributed by atoms with Crippen molar-refractivity contribution in [3.05, 3.63) is 51.0 Å². The number of alkyl halides is 3. The number of nitrogens with two attached hydrogens (primary N) is 1. The molecular formula is C27H30F3N3O7. The van der Waals surface area contributed by atoms with Crippen LogP contribution >= 0.6 is 0 Å². The summed E-state index contributed by atoms with van der Waals surface area (Å²) >= 11 is 0. The quantitative estimate of drug-likeness (QED) is 0.342. The molecule has 4 aliphatic rings. The number of hydrogen-bond acceptors (Lipinski definition) is 9. The molecule has 1 heterocycles. The molecule has 0 saturated carbocycles. The van der Waals surface area contributed by atoms with E-state index in [1.165, 1.54) is 19.0 Å². The Morgan fingerprint density at radius 1 is 1.18 bits per heavy atom. The van der Waals surface area contributed by atoms with Crippen molar-refractivity contribution in [2.24, 2.45) is 17.6 Å². The number of allylic oxidation sites excluding steroid dienone is 1. The summed E-state index contributed by atoms with van der Waals surface area (Å²) in [6.07, 6.45) is -3.91. The van der Waals surface area contributed by atoms with Crippen LogP contribution in [0.4, 0.5) is 13.2 Å². The number of rotatable bonds is 4. The third-order valence-electron chi connectivity index (χ3n) is 8.68. The maximum Gasteiger partial charge on any atom is 0.417 e. The normalized spacial score (nSPS) is 29.1. The van der Waals surface area contributed by atoms with Crippen molar-refractivity contribution < 1.29 is 48.0 Å². The number of carbonyl (C=O) groups is 3. The molecular weight excluding hydrogens is 535 g/mol. The lowest BCUT2D eigenvalue weighted by molar-refractivity contribution is -0.148. The van der Waals surface area contributed by atoms with Gasteiger partial charge in [-0.15, -0.1) is 0 Å². The number of primary amides is 1. The molecule has 1 aromatic rings. The fourth-order valence-corrected chi connectivity index (χ4v) is 7.05. The van der Waals surface area contributed by atoms with E-state index in [4.69, 9.17) is 5.73 Å². The molecule has 0 aromatic heterocycles. The highest BCUT2D eigenvalue weighted by Gasteiger charge is 2.63. The lowest BCUT2D eigenvalue weighted by Crippen LogP contribution is -2.63. The number of ketones is 2. The Balaban J connectivity index is 1.71. The van der Waals surface area contributed by atoms with Gasteiger partial charge < -0.3 is 26.2 Å². The van der Waals surface area contributed by atoms with Crippen LogP contribution in [-0.4, -0.2) is 86.5 Å². The summed E-state index contributed by atoms with van der Waals surface area (Å²) in [4.78, 5) is 42.3. The Bertz CT molecular complexity index is 1390. The van der Waals surface area contributed by atoms with E-state index in [1.807, 2.05) is 4.90 Å². The Hall–Kier alpha value is -3.42. The zero-order chi connectivity index (χ0) is 29.5. The molecule has 10 nitrogen and oxygen atoms in total. The molecule has 0 bridgehead atoms. The predicted molar refractivity (Wildman–Crippen MR) is 133 cm³/mol. The number of amides is 1. The zero-order valence-electron chi connectivity index (χ0n) is 21.9. The number of Topliss-reactive ketones (excluding diaryl/α,β-unsaturated/α-hetero) is 2. The second kappa shape index (κ2) is 9.32. The van der Waals surface area contributed by atoms with Gasteiger partial charge in [-0.2, -0.15) is 13.2 Å². The molecule has 6 N–H and O–H groups in total. The van der Waals surface area contributed by atoms with E-state index in [-0.39, 0.29) is 18.5 Å². The number of nitrogens with zero attached hydrogens (tertiary/aromatic N) is 2. The molecule has 13 heteroatoms. The van der Waals surface area contributed by atoms with Crippen molar-refractivity contribution in [3.8, 4) is 5.75 Å². The molecule has 3 aliphatic carbocycles. The number of phenols is 1. The number of likely N-dealkylation sites (N-methyl/N-ethyl adjacent to an activating group) is 1. The molecule has 1 fully saturated rings. The second-order valence-corrected chi connectivity index (χ2v) is 11.2. The number of aromatic hydroxyl groups is 1. The fourth-order valence-electron chi connectivity index (χ4n) is 7.05. The van der Waals surface area contributed by atoms with Gasteiger partial charge >= 0.3 is 6.18 Å². The molecule has 4 atom stereocenters. The largest absolute Gasteiger partial charge is 0.510 e. The van der Waals surface area contributed by atoms with Crippen LogP contribution in [0.3, 0.4) is 0 Å². The lowest BCUT2D eigenvalue weighted by atomic mass is 9.58. The molecule has 5 rings (SSSR count). The van der Waals surface area contributed by atoms with E-state index in [2.05, 4.69) is 0 Å². The molecule has 1 amide bonds. The highest BCUT2D eigenvalue weighted by atomic mass is 19.4. The third-order valence-corrected chi connectivity index (χ3v) is 8.68. The van der Waals surface area contributed by atoms with E-state index in [1.54, 1.807) is 0 Å². The van der Waals surface area contributed by atoms with Gasteiger partial charge in [0.05, 0.1) is 17.2 Å². The smallest absolute Gasteiger partial charge is 0.417 e. The SMILES string of the molecule is CN(C)[C@@H]1C(O)=C(C(N)=O)C(=O)[C@@]2(O)C(O)=C3C(=O)c4c(O)cc(CN5CCCC5)c(C(F)(F)F)c4C[C@H]3C[C@@H]12. The van der Waals surface area contributed by atoms with E-state index in [9.17, 15) is 48.0 Å². The first-order valence-electron chi connectivity index (χ1n) is 12.9. The van der Waals surface area contributed by atoms with Crippen molar-refractivity contribution in [2.45, 2.75) is 50.0 Å². The maximum absolute atomic E-state index is 14.5. The Morgan fingerprint density at radius 2 is 1.80 bits per heavy atom. The van der Waals surface area contributed by atoms with Gasteiger partial charge in [0, 0.05) is 18.0 Å². The monoisotopic (exact) mass is 565 g/mol. The molecule has 1 aliphatic heterocycles. The van der Waals surface area contributed by atoms with Crippen molar-refractivity contribution in [1.29, 1.82) is 0 Å². The van der Waals surface area contributed by atoms with Crippen molar-refractivity contribution in [3.63, 3.8) is 0 Å². The number of hydrogen-bond donors (Lipinski definition) is 5. The Labute approximate surface area is 227 Å². The molecule has 0 spiro atoms. The Morgan fingerprint density at radius 3 is 2.35 bits per heavy atom. The summed E-state index contributed by atoms with van der Waals surface area (Å²) in [5, 5.41) is 44.5. The van der Waals surface area contributed by atoms with Gasteiger partial charge in [0.2, 0.25) is 5.78 Å². The minimum Gasteiger partial charge on any atom is -0.510 e. The summed E-state index contributed by atoms with van der Waals surface area (Å²) in [5.41, 5.74) is -1.29. The van der Waals surface area contributed by atoms with Gasteiger partial charge in [-0.25, -0.2) is 0 Å². The third kappa shape index (κ3) is 3.93. The first kappa shape index (κ1) is 28.1. The number of likely N-dealkylation sites (tertiary alicyclic amines) is 1. The highest BCUT2D eigenvalue weighted by Crippen LogP contribution is 2.54. The number of aliphatic hydroxyl groups is 3. The van der Waals surface area contributed by atoms with Gasteiger partial charge in [0.1, 0.15) is 22.8 Å². The fraction of sp³-hybridized carbons (Fsp3) is 0.519. The van der Waals surface area contributed by atoms with Gasteiger partial charge in [0.15, 0.2) is 11.4 Å². The van der Waals surface area contributed by atoms with Crippen LogP contribution in [0.25, 0.3) is 0 Å². The van der Waals surface area contributed by atoms with Crippen molar-refractivity contribution >= 4 is 17.5 Å². The van der Waals surface area contributed by atoms with Gasteiger partial charge in [0.25, 0.3) is 5.91 Å². The second-order valence-electron chi connectivity index (χ2n) is 11.2. The number of aliphatic hydroxyl groups excluding tert-OH is 2. The number of fused-ring (bicyclic) bond motifs is 3. The van der Waals surface area contributed by atoms with Crippen LogP contribution in [0.2, 0.25) is 0 Å². The van der Waals surface area contributed by atoms with Crippen LogP contribution in [0.5, 0.6) is 5.75 Å². The van der Waals surface area contributed by atoms with Crippen LogP contribution in [0.15, 0.2) is 28.7 Å². The molecule has 40 heavy (non-hydrogen) atoms. The van der Waals surface area contributed by atoms with Gasteiger partial charge in [-0.05, 0) is 76.0 Å². The Kier molecular flexibility index (Phi) is 6.55. The molecule has 1 aromatic carbocycles. The first-order chi connectivity index (χ1) is 18.6. The minimum atomic E-state index is -4.86. The summed E-state index contributed by atoms with van der Waals surface area (Å²) in [6, 6.07) is -0.321. The van der Waals surface area contributed by atoms with Crippen LogP contribution in [0.1, 0.15) is 46.3 Å². The molecule has 1 saturated heterocycles. The van der Waals surface area contributed by atoms with Gasteiger partial charge in [-0.1, -0.05) is 0 Å². The average Bonchev–Trinajstić information content (AvgIpc) is 3.33. The standard InChI is InChI=1S/C27H30F3N3O7/c1-32(2)20-14-8-11-7-13-17(15(34)9-12(19(13)27(28,29)30)10-33-5-3-4-6-33)21(35)16(11)23(37)26(14,40)24(38)18(22(20)36)25(31)39/h9,11,14,20,34,36-37,40H,3-8,10H2,1-2H3,(H2,31,39)/t11-,14-,20-,26-/m0/s1. The minimum absolute atomic E-state index is 0.0728. The van der Waals surface area contributed by atoms with Crippen LogP contribution in [0, 0.1) is 11.8 Å². The lowest BCUT2D eigenvalue weighted by Gasteiger charge is -2.50. The van der Waals surface area contributed by atoms with Crippen molar-refractivity contribution in [1.82, 2.24) is 9.80 Å². The van der Waals surface area contributed by atoms with Crippen LogP contribution < -0.4 is 5.73 Å². The number of carbonyl (C=O) groups excluding carboxylic acids is 3. The number of benzene rings is 1. The van der Waals surface area contributed by atoms with E-state index in [0.29, 0.717) is 13.1 Å². The van der Waals surface area contributed by atoms with E-state index in [0.717, 1.165) is 18.9 Å².